The van der Waals surface area contributed by atoms with Gasteiger partial charge in [-0.25, -0.2) is 0 Å². The van der Waals surface area contributed by atoms with E-state index in [9.17, 15) is 18.0 Å². The largest absolute Gasteiger partial charge is 0.308 e. The molecule has 1 aliphatic heterocycles. The molecule has 13 heavy (non-hydrogen) atoms. The maximum absolute atomic E-state index is 11.0. The van der Waals surface area contributed by atoms with Gasteiger partial charge < -0.3 is 4.90 Å². The minimum Gasteiger partial charge on any atom is -0.308 e. The van der Waals surface area contributed by atoms with Crippen molar-refractivity contribution < 1.29 is 22.6 Å². The summed E-state index contributed by atoms with van der Waals surface area (Å²) in [7, 11) is -4.38. The van der Waals surface area contributed by atoms with Gasteiger partial charge in [0.05, 0.1) is 0 Å². The highest BCUT2D eigenvalue weighted by Gasteiger charge is 2.45. The van der Waals surface area contributed by atoms with Gasteiger partial charge in [0, 0.05) is 6.54 Å². The van der Waals surface area contributed by atoms with Crippen LogP contribution in [0.5, 0.6) is 0 Å². The summed E-state index contributed by atoms with van der Waals surface area (Å²) in [5.74, 6) is -0.880. The van der Waals surface area contributed by atoms with Crippen molar-refractivity contribution in [1.29, 1.82) is 0 Å². The van der Waals surface area contributed by atoms with Crippen molar-refractivity contribution in [3.63, 3.8) is 0 Å². The molecular weight excluding hydrogens is 218 g/mol. The summed E-state index contributed by atoms with van der Waals surface area (Å²) < 4.78 is 28.6. The van der Waals surface area contributed by atoms with Gasteiger partial charge in [-0.15, -0.1) is 0 Å². The maximum atomic E-state index is 11.0. The molecule has 0 bridgehead atoms. The lowest BCUT2D eigenvalue weighted by Crippen LogP contribution is -2.37. The highest BCUT2D eigenvalue weighted by molar-refractivity contribution is 8.23. The molecule has 1 heterocycles. The molecular formula is C5H7NO5S2. The summed E-state index contributed by atoms with van der Waals surface area (Å²) in [6.45, 7) is 1.59. The Balaban J connectivity index is 3.03. The zero-order valence-corrected chi connectivity index (χ0v) is 8.26. The normalized spacial score (nSPS) is 24.2. The molecule has 8 heteroatoms. The minimum atomic E-state index is -4.38. The third-order valence-corrected chi connectivity index (χ3v) is 4.12. The molecule has 1 aliphatic rings. The molecule has 0 aromatic heterocycles. The molecule has 1 amide bonds. The van der Waals surface area contributed by atoms with Crippen LogP contribution in [0.25, 0.3) is 0 Å². The fourth-order valence-electron chi connectivity index (χ4n) is 0.933. The predicted molar refractivity (Wildman–Crippen MR) is 45.3 cm³/mol. The van der Waals surface area contributed by atoms with E-state index in [0.29, 0.717) is 11.8 Å². The van der Waals surface area contributed by atoms with Crippen LogP contribution in [0.3, 0.4) is 0 Å². The molecule has 0 saturated carbocycles. The molecule has 0 spiro atoms. The van der Waals surface area contributed by atoms with Crippen LogP contribution in [0.4, 0.5) is 0 Å². The standard InChI is InChI=1S/C5H7NO5S2/c1-2-6-3(7)4(8)12-5(6)13(9,10)11/h5H,2H2,1H3,(H,9,10,11). The number of likely N-dealkylation sites (N-methyl/N-ethyl adjacent to an activating group) is 1. The maximum Gasteiger partial charge on any atom is 0.303 e. The van der Waals surface area contributed by atoms with E-state index in [2.05, 4.69) is 0 Å². The Morgan fingerprint density at radius 2 is 2.08 bits per heavy atom. The number of thioether (sulfide) groups is 1. The second kappa shape index (κ2) is 3.28. The van der Waals surface area contributed by atoms with Gasteiger partial charge in [0.1, 0.15) is 0 Å². The van der Waals surface area contributed by atoms with Gasteiger partial charge in [-0.3, -0.25) is 14.1 Å². The van der Waals surface area contributed by atoms with Crippen LogP contribution in [0.2, 0.25) is 0 Å². The number of carbonyl (C=O) groups is 2. The fraction of sp³-hybridized carbons (Fsp3) is 0.600. The van der Waals surface area contributed by atoms with Crippen molar-refractivity contribution in [3.8, 4) is 0 Å². The first kappa shape index (κ1) is 10.5. The first-order chi connectivity index (χ1) is 5.88. The third kappa shape index (κ3) is 1.84. The van der Waals surface area contributed by atoms with Gasteiger partial charge in [0.25, 0.3) is 15.2 Å². The molecule has 0 aliphatic carbocycles. The fourth-order valence-corrected chi connectivity index (χ4v) is 3.02. The van der Waals surface area contributed by atoms with Gasteiger partial charge in [-0.05, 0) is 18.7 Å². The monoisotopic (exact) mass is 225 g/mol. The van der Waals surface area contributed by atoms with Gasteiger partial charge in [-0.2, -0.15) is 8.42 Å². The summed E-state index contributed by atoms with van der Waals surface area (Å²) >= 11 is 0.313. The molecule has 0 radical (unpaired) electrons. The van der Waals surface area contributed by atoms with E-state index in [1.165, 1.54) is 6.92 Å². The van der Waals surface area contributed by atoms with Crippen LogP contribution in [-0.4, -0.2) is 40.1 Å². The van der Waals surface area contributed by atoms with Crippen LogP contribution in [0.1, 0.15) is 6.92 Å². The Hall–Kier alpha value is -0.600. The van der Waals surface area contributed by atoms with Crippen LogP contribution >= 0.6 is 11.8 Å². The lowest BCUT2D eigenvalue weighted by molar-refractivity contribution is -0.138. The summed E-state index contributed by atoms with van der Waals surface area (Å²) in [5.41, 5.74) is 0. The molecule has 0 aromatic rings. The first-order valence-corrected chi connectivity index (χ1v) is 5.74. The first-order valence-electron chi connectivity index (χ1n) is 3.35. The van der Waals surface area contributed by atoms with Crippen molar-refractivity contribution in [2.24, 2.45) is 0 Å². The topological polar surface area (TPSA) is 91.8 Å². The zero-order chi connectivity index (χ0) is 10.2. The molecule has 1 saturated heterocycles. The molecule has 0 aromatic carbocycles. The number of nitrogens with zero attached hydrogens (tertiary/aromatic N) is 1. The average Bonchev–Trinajstić information content (AvgIpc) is 2.28. The van der Waals surface area contributed by atoms with Crippen LogP contribution in [-0.2, 0) is 19.7 Å². The molecule has 74 valence electrons. The summed E-state index contributed by atoms with van der Waals surface area (Å²) in [6.07, 6.45) is 0. The Kier molecular flexibility index (Phi) is 2.64. The van der Waals surface area contributed by atoms with Gasteiger partial charge in [-0.1, -0.05) is 0 Å². The molecule has 1 atom stereocenters. The third-order valence-electron chi connectivity index (χ3n) is 1.49. The minimum absolute atomic E-state index is 0.0715. The van der Waals surface area contributed by atoms with Gasteiger partial charge >= 0.3 is 5.91 Å². The summed E-state index contributed by atoms with van der Waals surface area (Å²) in [5, 5.41) is -0.857. The Morgan fingerprint density at radius 1 is 1.54 bits per heavy atom. The summed E-state index contributed by atoms with van der Waals surface area (Å²) in [6, 6.07) is 0. The van der Waals surface area contributed by atoms with E-state index in [0.717, 1.165) is 4.90 Å². The van der Waals surface area contributed by atoms with E-state index >= 15 is 0 Å². The summed E-state index contributed by atoms with van der Waals surface area (Å²) in [4.78, 5) is 22.6. The predicted octanol–water partition coefficient (Wildman–Crippen LogP) is -0.720. The lowest BCUT2D eigenvalue weighted by Gasteiger charge is -2.17. The van der Waals surface area contributed by atoms with Crippen molar-refractivity contribution in [3.05, 3.63) is 0 Å². The Morgan fingerprint density at radius 3 is 2.38 bits per heavy atom. The number of rotatable bonds is 2. The van der Waals surface area contributed by atoms with Crippen molar-refractivity contribution in [2.45, 2.75) is 11.6 Å². The van der Waals surface area contributed by atoms with E-state index in [1.807, 2.05) is 0 Å². The van der Waals surface area contributed by atoms with Crippen LogP contribution in [0, 0.1) is 0 Å². The van der Waals surface area contributed by atoms with Crippen molar-refractivity contribution in [1.82, 2.24) is 4.90 Å². The molecule has 1 N–H and O–H groups in total. The van der Waals surface area contributed by atoms with Gasteiger partial charge in [0.2, 0.25) is 4.71 Å². The smallest absolute Gasteiger partial charge is 0.303 e. The van der Waals surface area contributed by atoms with Crippen molar-refractivity contribution in [2.75, 3.05) is 6.54 Å². The van der Waals surface area contributed by atoms with E-state index in [-0.39, 0.29) is 6.54 Å². The number of hydrogen-bond donors (Lipinski definition) is 1. The van der Waals surface area contributed by atoms with E-state index in [4.69, 9.17) is 4.55 Å². The Labute approximate surface area is 79.0 Å². The second-order valence-corrected chi connectivity index (χ2v) is 5.15. The average molecular weight is 225 g/mol. The van der Waals surface area contributed by atoms with Crippen molar-refractivity contribution >= 4 is 32.9 Å². The van der Waals surface area contributed by atoms with Crippen LogP contribution < -0.4 is 0 Å². The van der Waals surface area contributed by atoms with E-state index < -0.39 is 25.8 Å². The van der Waals surface area contributed by atoms with E-state index in [1.54, 1.807) is 0 Å². The lowest BCUT2D eigenvalue weighted by atomic mass is 10.5. The quantitative estimate of drug-likeness (QED) is 0.492. The molecule has 1 fully saturated rings. The molecule has 1 rings (SSSR count). The highest BCUT2D eigenvalue weighted by Crippen LogP contribution is 2.29. The number of carbonyl (C=O) groups excluding carboxylic acids is 2. The zero-order valence-electron chi connectivity index (χ0n) is 6.63. The van der Waals surface area contributed by atoms with Gasteiger partial charge in [0.15, 0.2) is 0 Å². The second-order valence-electron chi connectivity index (χ2n) is 2.32. The van der Waals surface area contributed by atoms with Crippen LogP contribution in [0.15, 0.2) is 0 Å². The molecule has 1 unspecified atom stereocenters. The SMILES string of the molecule is CCN1C(=O)C(=O)SC1S(=O)(=O)O. The highest BCUT2D eigenvalue weighted by atomic mass is 32.3. The number of amides is 1. The Bertz CT molecular complexity index is 348. The molecule has 6 nitrogen and oxygen atoms in total. The number of hydrogen-bond acceptors (Lipinski definition) is 5.